The molecule has 0 radical (unpaired) electrons. The second-order valence-electron chi connectivity index (χ2n) is 8.22. The molecule has 0 fully saturated rings. The van der Waals surface area contributed by atoms with Gasteiger partial charge in [0.1, 0.15) is 5.82 Å². The van der Waals surface area contributed by atoms with Gasteiger partial charge < -0.3 is 5.73 Å². The fourth-order valence-corrected chi connectivity index (χ4v) is 4.64. The average Bonchev–Trinajstić information content (AvgIpc) is 2.73. The van der Waals surface area contributed by atoms with Crippen LogP contribution >= 0.6 is 0 Å². The smallest absolute Gasteiger partial charge is 0.384 e. The lowest BCUT2D eigenvalue weighted by atomic mass is 9.74. The van der Waals surface area contributed by atoms with Crippen LogP contribution in [0.2, 0.25) is 0 Å². The number of nitrogens with two attached hydrogens (primary N) is 1. The summed E-state index contributed by atoms with van der Waals surface area (Å²) in [7, 11) is 0. The van der Waals surface area contributed by atoms with Crippen molar-refractivity contribution >= 4 is 11.5 Å². The lowest BCUT2D eigenvalue weighted by Crippen LogP contribution is -2.38. The predicted octanol–water partition coefficient (Wildman–Crippen LogP) is 5.63. The summed E-state index contributed by atoms with van der Waals surface area (Å²) in [4.78, 5) is 14.7. The van der Waals surface area contributed by atoms with E-state index in [0.717, 1.165) is 28.8 Å². The Bertz CT molecular complexity index is 1200. The van der Waals surface area contributed by atoms with Crippen molar-refractivity contribution in [1.29, 1.82) is 5.26 Å². The Labute approximate surface area is 184 Å². The highest BCUT2D eigenvalue weighted by Gasteiger charge is 2.41. The number of anilines is 1. The van der Waals surface area contributed by atoms with Gasteiger partial charge in [-0.25, -0.2) is 0 Å². The Morgan fingerprint density at radius 3 is 2.38 bits per heavy atom. The molecule has 2 aliphatic rings. The van der Waals surface area contributed by atoms with E-state index in [1.807, 2.05) is 32.0 Å². The van der Waals surface area contributed by atoms with Crippen LogP contribution in [0.15, 0.2) is 65.1 Å². The number of nitriles is 1. The standard InChI is InChI=1S/C25H22F3N3O/c1-14-6-11-18(15(2)12-14)22-19(13-29)24(30)31(20-4-3-5-21(32)23(20)22)17-9-7-16(8-10-17)25(26,27)28/h6-12,22H,3-5,30H2,1-2H3/t22-/m1/s1. The van der Waals surface area contributed by atoms with Gasteiger partial charge in [-0.2, -0.15) is 18.4 Å². The van der Waals surface area contributed by atoms with Gasteiger partial charge in [0.05, 0.1) is 23.1 Å². The minimum atomic E-state index is -4.46. The number of rotatable bonds is 2. The third kappa shape index (κ3) is 3.56. The Morgan fingerprint density at radius 2 is 1.78 bits per heavy atom. The topological polar surface area (TPSA) is 70.1 Å². The number of allylic oxidation sites excluding steroid dienone is 3. The summed E-state index contributed by atoms with van der Waals surface area (Å²) >= 11 is 0. The molecule has 1 heterocycles. The molecule has 1 atom stereocenters. The zero-order valence-electron chi connectivity index (χ0n) is 17.8. The van der Waals surface area contributed by atoms with Crippen LogP contribution in [0.3, 0.4) is 0 Å². The van der Waals surface area contributed by atoms with Crippen molar-refractivity contribution in [2.24, 2.45) is 5.73 Å². The largest absolute Gasteiger partial charge is 0.416 e. The fourth-order valence-electron chi connectivity index (χ4n) is 4.64. The van der Waals surface area contributed by atoms with E-state index >= 15 is 0 Å². The Hall–Kier alpha value is -3.53. The van der Waals surface area contributed by atoms with E-state index in [1.165, 1.54) is 12.1 Å². The van der Waals surface area contributed by atoms with Crippen LogP contribution in [-0.4, -0.2) is 5.78 Å². The molecule has 2 aromatic rings. The number of nitrogens with zero attached hydrogens (tertiary/aromatic N) is 2. The van der Waals surface area contributed by atoms with E-state index < -0.39 is 17.7 Å². The van der Waals surface area contributed by atoms with E-state index in [-0.39, 0.29) is 17.2 Å². The van der Waals surface area contributed by atoms with Crippen molar-refractivity contribution in [1.82, 2.24) is 0 Å². The molecule has 0 bridgehead atoms. The number of hydrogen-bond donors (Lipinski definition) is 1. The average molecular weight is 437 g/mol. The maximum atomic E-state index is 13.1. The summed E-state index contributed by atoms with van der Waals surface area (Å²) in [6.45, 7) is 3.90. The van der Waals surface area contributed by atoms with Crippen molar-refractivity contribution < 1.29 is 18.0 Å². The molecule has 1 aliphatic carbocycles. The lowest BCUT2D eigenvalue weighted by Gasteiger charge is -2.40. The van der Waals surface area contributed by atoms with Crippen molar-refractivity contribution in [2.75, 3.05) is 4.90 Å². The van der Waals surface area contributed by atoms with E-state index in [9.17, 15) is 23.2 Å². The second-order valence-corrected chi connectivity index (χ2v) is 8.22. The summed E-state index contributed by atoms with van der Waals surface area (Å²) in [5, 5.41) is 10.0. The molecule has 0 amide bonds. The minimum absolute atomic E-state index is 0.0617. The molecule has 2 aromatic carbocycles. The third-order valence-electron chi connectivity index (χ3n) is 6.10. The Kier molecular flexibility index (Phi) is 5.33. The number of carbonyl (C=O) groups is 1. The number of aryl methyl sites for hydroxylation is 2. The van der Waals surface area contributed by atoms with Crippen LogP contribution in [0.25, 0.3) is 0 Å². The van der Waals surface area contributed by atoms with Crippen LogP contribution < -0.4 is 10.6 Å². The van der Waals surface area contributed by atoms with E-state index in [1.54, 1.807) is 4.90 Å². The van der Waals surface area contributed by atoms with Gasteiger partial charge in [-0.15, -0.1) is 0 Å². The summed E-state index contributed by atoms with van der Waals surface area (Å²) in [5.74, 6) is -0.506. The summed E-state index contributed by atoms with van der Waals surface area (Å²) in [6.07, 6.45) is -2.94. The molecular weight excluding hydrogens is 415 g/mol. The number of hydrogen-bond acceptors (Lipinski definition) is 4. The highest BCUT2D eigenvalue weighted by molar-refractivity contribution is 6.01. The molecule has 164 valence electrons. The summed E-state index contributed by atoms with van der Waals surface area (Å²) in [6, 6.07) is 12.6. The number of alkyl halides is 3. The highest BCUT2D eigenvalue weighted by Crippen LogP contribution is 2.47. The van der Waals surface area contributed by atoms with Crippen LogP contribution in [0.4, 0.5) is 18.9 Å². The van der Waals surface area contributed by atoms with Crippen LogP contribution in [0, 0.1) is 25.2 Å². The number of halogens is 3. The van der Waals surface area contributed by atoms with Crippen molar-refractivity contribution in [2.45, 2.75) is 45.2 Å². The van der Waals surface area contributed by atoms with Gasteiger partial charge in [-0.05, 0) is 62.1 Å². The third-order valence-corrected chi connectivity index (χ3v) is 6.10. The van der Waals surface area contributed by atoms with Gasteiger partial charge in [-0.1, -0.05) is 23.8 Å². The molecule has 4 rings (SSSR count). The number of ketones is 1. The SMILES string of the molecule is Cc1ccc([C@@H]2C(C#N)=C(N)N(c3ccc(C(F)(F)F)cc3)C3=C2C(=O)CCC3)c(C)c1. The maximum Gasteiger partial charge on any atom is 0.416 e. The first kappa shape index (κ1) is 21.7. The van der Waals surface area contributed by atoms with Gasteiger partial charge in [-0.3, -0.25) is 9.69 Å². The van der Waals surface area contributed by atoms with Crippen LogP contribution in [0.1, 0.15) is 47.4 Å². The first-order valence-corrected chi connectivity index (χ1v) is 10.3. The number of Topliss-reactive ketones (excluding diaryl/α,β-unsaturated/α-hetero) is 1. The van der Waals surface area contributed by atoms with Gasteiger partial charge >= 0.3 is 6.18 Å². The first-order chi connectivity index (χ1) is 15.1. The normalized spacial score (nSPS) is 19.2. The van der Waals surface area contributed by atoms with Crippen molar-refractivity contribution in [3.8, 4) is 6.07 Å². The van der Waals surface area contributed by atoms with E-state index in [0.29, 0.717) is 36.2 Å². The van der Waals surface area contributed by atoms with Gasteiger partial charge in [0.15, 0.2) is 5.78 Å². The highest BCUT2D eigenvalue weighted by atomic mass is 19.4. The second kappa shape index (κ2) is 7.86. The van der Waals surface area contributed by atoms with E-state index in [4.69, 9.17) is 5.73 Å². The first-order valence-electron chi connectivity index (χ1n) is 10.3. The quantitative estimate of drug-likeness (QED) is 0.661. The lowest BCUT2D eigenvalue weighted by molar-refractivity contribution is -0.137. The molecule has 0 unspecified atom stereocenters. The molecule has 0 spiro atoms. The van der Waals surface area contributed by atoms with Crippen molar-refractivity contribution in [3.05, 3.63) is 87.4 Å². The van der Waals surface area contributed by atoms with Crippen molar-refractivity contribution in [3.63, 3.8) is 0 Å². The van der Waals surface area contributed by atoms with E-state index in [2.05, 4.69) is 6.07 Å². The monoisotopic (exact) mass is 437 g/mol. The summed E-state index contributed by atoms with van der Waals surface area (Å²) in [5.41, 5.74) is 10.3. The number of carbonyl (C=O) groups excluding carboxylic acids is 1. The summed E-state index contributed by atoms with van der Waals surface area (Å²) < 4.78 is 39.1. The Balaban J connectivity index is 1.92. The van der Waals surface area contributed by atoms with Crippen LogP contribution in [-0.2, 0) is 11.0 Å². The van der Waals surface area contributed by atoms with Crippen LogP contribution in [0.5, 0.6) is 0 Å². The maximum absolute atomic E-state index is 13.1. The molecular formula is C25H22F3N3O. The fraction of sp³-hybridized carbons (Fsp3) is 0.280. The molecule has 0 saturated carbocycles. The molecule has 7 heteroatoms. The molecule has 1 aliphatic heterocycles. The Morgan fingerprint density at radius 1 is 1.09 bits per heavy atom. The predicted molar refractivity (Wildman–Crippen MR) is 115 cm³/mol. The number of benzene rings is 2. The van der Waals surface area contributed by atoms with Gasteiger partial charge in [0.25, 0.3) is 0 Å². The molecule has 32 heavy (non-hydrogen) atoms. The molecule has 2 N–H and O–H groups in total. The zero-order chi connectivity index (χ0) is 23.2. The zero-order valence-corrected chi connectivity index (χ0v) is 17.8. The molecule has 4 nitrogen and oxygen atoms in total. The molecule has 0 aromatic heterocycles. The molecule has 0 saturated heterocycles. The minimum Gasteiger partial charge on any atom is -0.384 e. The van der Waals surface area contributed by atoms with Gasteiger partial charge in [0, 0.05) is 23.4 Å². The van der Waals surface area contributed by atoms with Gasteiger partial charge in [0.2, 0.25) is 0 Å².